The van der Waals surface area contributed by atoms with Crippen LogP contribution in [-0.2, 0) is 4.79 Å². The number of carbonyl (C=O) groups is 2. The van der Waals surface area contributed by atoms with Gasteiger partial charge in [0.15, 0.2) is 5.78 Å². The summed E-state index contributed by atoms with van der Waals surface area (Å²) in [7, 11) is 0. The molecule has 0 bridgehead atoms. The minimum atomic E-state index is -0.214. The van der Waals surface area contributed by atoms with Crippen molar-refractivity contribution < 1.29 is 9.59 Å². The molecule has 1 heterocycles. The highest BCUT2D eigenvalue weighted by molar-refractivity contribution is 7.15. The van der Waals surface area contributed by atoms with Crippen molar-refractivity contribution >= 4 is 28.2 Å². The molecule has 0 saturated heterocycles. The van der Waals surface area contributed by atoms with Crippen LogP contribution in [-0.4, -0.2) is 21.9 Å². The second kappa shape index (κ2) is 7.46. The number of nitrogens with zero attached hydrogens (tertiary/aromatic N) is 2. The molecular formula is C17H21N3O2S. The molecular weight excluding hydrogens is 310 g/mol. The molecule has 1 amide bonds. The molecule has 5 nitrogen and oxygen atoms in total. The van der Waals surface area contributed by atoms with E-state index in [1.54, 1.807) is 0 Å². The van der Waals surface area contributed by atoms with Crippen molar-refractivity contribution in [2.24, 2.45) is 0 Å². The van der Waals surface area contributed by atoms with E-state index >= 15 is 0 Å². The zero-order valence-electron chi connectivity index (χ0n) is 13.8. The maximum atomic E-state index is 12.2. The second-order valence-corrected chi connectivity index (χ2v) is 6.88. The fraction of sp³-hybridized carbons (Fsp3) is 0.412. The third-order valence-corrected chi connectivity index (χ3v) is 4.73. The molecule has 0 saturated carbocycles. The SMILES string of the molecule is Cc1ccc(C(=O)CCC(=O)Nc2nnc(C(C)C)s2)cc1C. The van der Waals surface area contributed by atoms with E-state index in [2.05, 4.69) is 15.5 Å². The number of hydrogen-bond acceptors (Lipinski definition) is 5. The van der Waals surface area contributed by atoms with Crippen LogP contribution in [0.2, 0.25) is 0 Å². The van der Waals surface area contributed by atoms with Gasteiger partial charge in [0.05, 0.1) is 0 Å². The van der Waals surface area contributed by atoms with Crippen molar-refractivity contribution in [3.8, 4) is 0 Å². The summed E-state index contributed by atoms with van der Waals surface area (Å²) in [6, 6.07) is 5.61. The van der Waals surface area contributed by atoms with Crippen molar-refractivity contribution in [3.63, 3.8) is 0 Å². The van der Waals surface area contributed by atoms with Crippen molar-refractivity contribution in [3.05, 3.63) is 39.9 Å². The lowest BCUT2D eigenvalue weighted by molar-refractivity contribution is -0.116. The van der Waals surface area contributed by atoms with Gasteiger partial charge in [0, 0.05) is 24.3 Å². The smallest absolute Gasteiger partial charge is 0.226 e. The monoisotopic (exact) mass is 331 g/mol. The van der Waals surface area contributed by atoms with Crippen molar-refractivity contribution in [2.45, 2.75) is 46.5 Å². The molecule has 0 fully saturated rings. The number of nitrogens with one attached hydrogen (secondary N) is 1. The molecule has 0 radical (unpaired) electrons. The maximum absolute atomic E-state index is 12.2. The Morgan fingerprint density at radius 3 is 2.48 bits per heavy atom. The largest absolute Gasteiger partial charge is 0.301 e. The highest BCUT2D eigenvalue weighted by atomic mass is 32.1. The molecule has 1 aromatic carbocycles. The van der Waals surface area contributed by atoms with E-state index in [-0.39, 0.29) is 30.4 Å². The maximum Gasteiger partial charge on any atom is 0.226 e. The number of hydrogen-bond donors (Lipinski definition) is 1. The Bertz CT molecular complexity index is 722. The Labute approximate surface area is 140 Å². The van der Waals surface area contributed by atoms with E-state index in [0.29, 0.717) is 10.7 Å². The molecule has 0 aliphatic heterocycles. The second-order valence-electron chi connectivity index (χ2n) is 5.87. The third-order valence-electron chi connectivity index (χ3n) is 3.59. The Morgan fingerprint density at radius 1 is 1.13 bits per heavy atom. The number of anilines is 1. The minimum Gasteiger partial charge on any atom is -0.301 e. The molecule has 6 heteroatoms. The first-order valence-corrected chi connectivity index (χ1v) is 8.42. The summed E-state index contributed by atoms with van der Waals surface area (Å²) in [5.74, 6) is 0.0431. The lowest BCUT2D eigenvalue weighted by atomic mass is 10.0. The number of Topliss-reactive ketones (excluding diaryl/α,β-unsaturated/α-hetero) is 1. The molecule has 122 valence electrons. The Morgan fingerprint density at radius 2 is 1.87 bits per heavy atom. The molecule has 0 aliphatic rings. The molecule has 23 heavy (non-hydrogen) atoms. The molecule has 2 aromatic rings. The van der Waals surface area contributed by atoms with Gasteiger partial charge in [0.2, 0.25) is 11.0 Å². The van der Waals surface area contributed by atoms with Gasteiger partial charge < -0.3 is 5.32 Å². The lowest BCUT2D eigenvalue weighted by Gasteiger charge is -2.05. The van der Waals surface area contributed by atoms with E-state index in [0.717, 1.165) is 16.1 Å². The van der Waals surface area contributed by atoms with Gasteiger partial charge in [-0.15, -0.1) is 10.2 Å². The number of amides is 1. The van der Waals surface area contributed by atoms with Crippen molar-refractivity contribution in [1.29, 1.82) is 0 Å². The molecule has 0 unspecified atom stereocenters. The Balaban J connectivity index is 1.88. The molecule has 0 aliphatic carbocycles. The van der Waals surface area contributed by atoms with E-state index in [9.17, 15) is 9.59 Å². The van der Waals surface area contributed by atoms with Gasteiger partial charge in [0.1, 0.15) is 5.01 Å². The standard InChI is InChI=1S/C17H21N3O2S/c1-10(2)16-19-20-17(23-16)18-15(22)8-7-14(21)13-6-5-11(3)12(4)9-13/h5-6,9-10H,7-8H2,1-4H3,(H,18,20,22). The summed E-state index contributed by atoms with van der Waals surface area (Å²) in [6.07, 6.45) is 0.326. The third kappa shape index (κ3) is 4.69. The molecule has 0 spiro atoms. The topological polar surface area (TPSA) is 72.0 Å². The van der Waals surface area contributed by atoms with Crippen LogP contribution in [0.3, 0.4) is 0 Å². The number of aryl methyl sites for hydroxylation is 2. The summed E-state index contributed by atoms with van der Waals surface area (Å²) >= 11 is 1.36. The van der Waals surface area contributed by atoms with E-state index in [1.807, 2.05) is 45.9 Å². The van der Waals surface area contributed by atoms with Gasteiger partial charge >= 0.3 is 0 Å². The molecule has 1 N–H and O–H groups in total. The van der Waals surface area contributed by atoms with Crippen LogP contribution in [0.5, 0.6) is 0 Å². The Kier molecular flexibility index (Phi) is 5.60. The summed E-state index contributed by atoms with van der Waals surface area (Å²) in [4.78, 5) is 24.1. The Hall–Kier alpha value is -2.08. The predicted octanol–water partition coefficient (Wildman–Crippen LogP) is 3.88. The molecule has 2 rings (SSSR count). The van der Waals surface area contributed by atoms with Crippen LogP contribution >= 0.6 is 11.3 Å². The van der Waals surface area contributed by atoms with Crippen LogP contribution in [0, 0.1) is 13.8 Å². The van der Waals surface area contributed by atoms with Gasteiger partial charge in [-0.05, 0) is 31.0 Å². The van der Waals surface area contributed by atoms with Crippen LogP contribution in [0.25, 0.3) is 0 Å². The van der Waals surface area contributed by atoms with Gasteiger partial charge in [-0.1, -0.05) is 37.3 Å². The average molecular weight is 331 g/mol. The van der Waals surface area contributed by atoms with E-state index in [4.69, 9.17) is 0 Å². The predicted molar refractivity (Wildman–Crippen MR) is 92.1 cm³/mol. The van der Waals surface area contributed by atoms with Gasteiger partial charge in [0.25, 0.3) is 0 Å². The highest BCUT2D eigenvalue weighted by Gasteiger charge is 2.13. The quantitative estimate of drug-likeness (QED) is 0.815. The first-order valence-electron chi connectivity index (χ1n) is 7.60. The number of carbonyl (C=O) groups excluding carboxylic acids is 2. The first kappa shape index (κ1) is 17.3. The number of rotatable bonds is 6. The van der Waals surface area contributed by atoms with Crippen LogP contribution in [0.4, 0.5) is 5.13 Å². The van der Waals surface area contributed by atoms with Crippen LogP contribution in [0.15, 0.2) is 18.2 Å². The van der Waals surface area contributed by atoms with Gasteiger partial charge in [-0.3, -0.25) is 9.59 Å². The summed E-state index contributed by atoms with van der Waals surface area (Å²) in [5.41, 5.74) is 2.88. The number of aromatic nitrogens is 2. The fourth-order valence-corrected chi connectivity index (χ4v) is 2.75. The van der Waals surface area contributed by atoms with Crippen molar-refractivity contribution in [2.75, 3.05) is 5.32 Å². The molecule has 1 aromatic heterocycles. The van der Waals surface area contributed by atoms with Gasteiger partial charge in [-0.2, -0.15) is 0 Å². The normalized spacial score (nSPS) is 10.8. The molecule has 0 atom stereocenters. The minimum absolute atomic E-state index is 0.0246. The van der Waals surface area contributed by atoms with Crippen LogP contribution < -0.4 is 5.32 Å². The fourth-order valence-electron chi connectivity index (χ4n) is 1.99. The van der Waals surface area contributed by atoms with Crippen LogP contribution in [0.1, 0.15) is 59.1 Å². The zero-order chi connectivity index (χ0) is 17.0. The first-order chi connectivity index (χ1) is 10.9. The number of ketones is 1. The van der Waals surface area contributed by atoms with Crippen molar-refractivity contribution in [1.82, 2.24) is 10.2 Å². The van der Waals surface area contributed by atoms with E-state index in [1.165, 1.54) is 11.3 Å². The summed E-state index contributed by atoms with van der Waals surface area (Å²) in [6.45, 7) is 8.02. The average Bonchev–Trinajstić information content (AvgIpc) is 2.96. The lowest BCUT2D eigenvalue weighted by Crippen LogP contribution is -2.13. The summed E-state index contributed by atoms with van der Waals surface area (Å²) in [5, 5.41) is 12.0. The van der Waals surface area contributed by atoms with Gasteiger partial charge in [-0.25, -0.2) is 0 Å². The van der Waals surface area contributed by atoms with E-state index < -0.39 is 0 Å². The zero-order valence-corrected chi connectivity index (χ0v) is 14.7. The summed E-state index contributed by atoms with van der Waals surface area (Å²) < 4.78 is 0. The highest BCUT2D eigenvalue weighted by Crippen LogP contribution is 2.22. The number of benzene rings is 1.